The van der Waals surface area contributed by atoms with Crippen molar-refractivity contribution in [2.45, 2.75) is 30.9 Å². The molecule has 1 saturated heterocycles. The molecule has 0 spiro atoms. The van der Waals surface area contributed by atoms with Crippen molar-refractivity contribution in [1.82, 2.24) is 19.7 Å². The van der Waals surface area contributed by atoms with Crippen LogP contribution in [0.15, 0.2) is 9.63 Å². The smallest absolute Gasteiger partial charge is 0.260 e. The maximum Gasteiger partial charge on any atom is 0.260 e. The molecule has 0 aromatic carbocycles. The fourth-order valence-electron chi connectivity index (χ4n) is 2.27. The minimum absolute atomic E-state index is 0.0412. The first-order valence-electron chi connectivity index (χ1n) is 6.12. The summed E-state index contributed by atoms with van der Waals surface area (Å²) in [6, 6.07) is 0. The third-order valence-electron chi connectivity index (χ3n) is 3.28. The number of hydrogen-bond donors (Lipinski definition) is 1. The molecule has 0 saturated carbocycles. The topological polar surface area (TPSA) is 86.1 Å². The van der Waals surface area contributed by atoms with Gasteiger partial charge in [0.1, 0.15) is 0 Å². The van der Waals surface area contributed by atoms with Gasteiger partial charge in [-0.05, 0) is 28.8 Å². The quantitative estimate of drug-likeness (QED) is 0.841. The molecule has 2 atom stereocenters. The molecule has 0 aliphatic carbocycles. The number of sulfonamides is 1. The van der Waals surface area contributed by atoms with Gasteiger partial charge in [-0.2, -0.15) is 0 Å². The molecule has 7 nitrogen and oxygen atoms in total. The Labute approximate surface area is 120 Å². The summed E-state index contributed by atoms with van der Waals surface area (Å²) >= 11 is 3.09. The number of nitrogens with one attached hydrogen (secondary N) is 1. The van der Waals surface area contributed by atoms with E-state index in [1.165, 1.54) is 4.68 Å². The molecule has 2 unspecified atom stereocenters. The van der Waals surface area contributed by atoms with Crippen LogP contribution >= 0.6 is 15.9 Å². The molecule has 0 bridgehead atoms. The lowest BCUT2D eigenvalue weighted by atomic mass is 10.0. The number of nitrogens with zero attached hydrogens (tertiary/aromatic N) is 3. The molecule has 2 heterocycles. The molecular formula is C10H17BrN4O3S. The van der Waals surface area contributed by atoms with Crippen LogP contribution < -0.4 is 4.72 Å². The fourth-order valence-corrected chi connectivity index (χ4v) is 4.45. The highest BCUT2D eigenvalue weighted by molar-refractivity contribution is 9.10. The SMILES string of the molecule is CCC1OCCC1CNS(=O)(=O)c1c(Br)nnn1C. The maximum absolute atomic E-state index is 12.2. The highest BCUT2D eigenvalue weighted by atomic mass is 79.9. The van der Waals surface area contributed by atoms with Gasteiger partial charge in [0.15, 0.2) is 4.60 Å². The van der Waals surface area contributed by atoms with Crippen molar-refractivity contribution < 1.29 is 13.2 Å². The summed E-state index contributed by atoms with van der Waals surface area (Å²) in [6.45, 7) is 3.11. The van der Waals surface area contributed by atoms with Gasteiger partial charge in [0.05, 0.1) is 6.10 Å². The lowest BCUT2D eigenvalue weighted by Crippen LogP contribution is -2.33. The average Bonchev–Trinajstić information content (AvgIpc) is 2.93. The van der Waals surface area contributed by atoms with E-state index in [4.69, 9.17) is 4.74 Å². The summed E-state index contributed by atoms with van der Waals surface area (Å²) in [5.74, 6) is 0.222. The number of halogens is 1. The molecule has 108 valence electrons. The van der Waals surface area contributed by atoms with Crippen molar-refractivity contribution in [2.75, 3.05) is 13.2 Å². The molecular weight excluding hydrogens is 336 g/mol. The lowest BCUT2D eigenvalue weighted by molar-refractivity contribution is 0.0884. The van der Waals surface area contributed by atoms with E-state index < -0.39 is 10.0 Å². The second-order valence-corrected chi connectivity index (χ2v) is 6.96. The third kappa shape index (κ3) is 3.15. The number of rotatable bonds is 5. The van der Waals surface area contributed by atoms with Gasteiger partial charge in [0.25, 0.3) is 10.0 Å². The highest BCUT2D eigenvalue weighted by Gasteiger charge is 2.30. The van der Waals surface area contributed by atoms with Crippen LogP contribution in [0.2, 0.25) is 0 Å². The van der Waals surface area contributed by atoms with Gasteiger partial charge >= 0.3 is 0 Å². The van der Waals surface area contributed by atoms with Crippen molar-refractivity contribution in [3.05, 3.63) is 4.60 Å². The zero-order valence-electron chi connectivity index (χ0n) is 10.8. The van der Waals surface area contributed by atoms with Gasteiger partial charge in [0, 0.05) is 26.1 Å². The summed E-state index contributed by atoms with van der Waals surface area (Å²) in [6.07, 6.45) is 1.91. The molecule has 1 N–H and O–H groups in total. The molecule has 0 amide bonds. The van der Waals surface area contributed by atoms with Gasteiger partial charge in [-0.1, -0.05) is 12.1 Å². The van der Waals surface area contributed by atoms with Crippen molar-refractivity contribution in [3.63, 3.8) is 0 Å². The number of ether oxygens (including phenoxy) is 1. The number of aryl methyl sites for hydroxylation is 1. The van der Waals surface area contributed by atoms with Gasteiger partial charge in [-0.25, -0.2) is 17.8 Å². The summed E-state index contributed by atoms with van der Waals surface area (Å²) < 4.78 is 34.0. The van der Waals surface area contributed by atoms with Crippen molar-refractivity contribution in [1.29, 1.82) is 0 Å². The predicted molar refractivity (Wildman–Crippen MR) is 72.0 cm³/mol. The van der Waals surface area contributed by atoms with Gasteiger partial charge < -0.3 is 4.74 Å². The van der Waals surface area contributed by atoms with E-state index in [0.29, 0.717) is 13.2 Å². The summed E-state index contributed by atoms with van der Waals surface area (Å²) in [5.41, 5.74) is 0. The summed E-state index contributed by atoms with van der Waals surface area (Å²) in [5, 5.41) is 7.39. The predicted octanol–water partition coefficient (Wildman–Crippen LogP) is 0.671. The van der Waals surface area contributed by atoms with E-state index in [1.54, 1.807) is 7.05 Å². The van der Waals surface area contributed by atoms with E-state index >= 15 is 0 Å². The minimum Gasteiger partial charge on any atom is -0.378 e. The molecule has 19 heavy (non-hydrogen) atoms. The Balaban J connectivity index is 2.06. The van der Waals surface area contributed by atoms with E-state index in [1.807, 2.05) is 6.92 Å². The molecule has 9 heteroatoms. The van der Waals surface area contributed by atoms with Crippen LogP contribution in [0.4, 0.5) is 0 Å². The zero-order chi connectivity index (χ0) is 14.0. The second-order valence-electron chi connectivity index (χ2n) is 4.53. The van der Waals surface area contributed by atoms with E-state index in [9.17, 15) is 8.42 Å². The van der Waals surface area contributed by atoms with E-state index in [0.717, 1.165) is 12.8 Å². The van der Waals surface area contributed by atoms with Gasteiger partial charge in [-0.3, -0.25) is 0 Å². The molecule has 1 fully saturated rings. The van der Waals surface area contributed by atoms with Crippen LogP contribution in [0.1, 0.15) is 19.8 Å². The Morgan fingerprint density at radius 1 is 1.58 bits per heavy atom. The van der Waals surface area contributed by atoms with E-state index in [2.05, 4.69) is 31.0 Å². The molecule has 2 rings (SSSR count). The van der Waals surface area contributed by atoms with Crippen LogP contribution in [0.3, 0.4) is 0 Å². The minimum atomic E-state index is -3.61. The van der Waals surface area contributed by atoms with Gasteiger partial charge in [0.2, 0.25) is 5.03 Å². The Bertz CT molecular complexity index is 525. The lowest BCUT2D eigenvalue weighted by Gasteiger charge is -2.17. The Morgan fingerprint density at radius 3 is 2.89 bits per heavy atom. The molecule has 1 aromatic rings. The van der Waals surface area contributed by atoms with Crippen molar-refractivity contribution in [2.24, 2.45) is 13.0 Å². The van der Waals surface area contributed by atoms with Crippen LogP contribution in [0.5, 0.6) is 0 Å². The first kappa shape index (κ1) is 14.9. The standard InChI is InChI=1S/C10H17BrN4O3S/c1-3-8-7(4-5-18-8)6-12-19(16,17)10-9(11)13-14-15(10)2/h7-8,12H,3-6H2,1-2H3. The highest BCUT2D eigenvalue weighted by Crippen LogP contribution is 2.24. The maximum atomic E-state index is 12.2. The average molecular weight is 353 g/mol. The Hall–Kier alpha value is -0.510. The monoisotopic (exact) mass is 352 g/mol. The van der Waals surface area contributed by atoms with E-state index in [-0.39, 0.29) is 21.7 Å². The van der Waals surface area contributed by atoms with Crippen molar-refractivity contribution in [3.8, 4) is 0 Å². The molecule has 1 aliphatic rings. The number of hydrogen-bond acceptors (Lipinski definition) is 5. The van der Waals surface area contributed by atoms with Crippen LogP contribution in [0, 0.1) is 5.92 Å². The van der Waals surface area contributed by atoms with Crippen LogP contribution in [-0.2, 0) is 21.8 Å². The van der Waals surface area contributed by atoms with Crippen LogP contribution in [-0.4, -0.2) is 42.7 Å². The second kappa shape index (κ2) is 5.86. The molecule has 1 aliphatic heterocycles. The van der Waals surface area contributed by atoms with Crippen molar-refractivity contribution >= 4 is 26.0 Å². The normalized spacial score (nSPS) is 23.9. The Morgan fingerprint density at radius 2 is 2.32 bits per heavy atom. The Kier molecular flexibility index (Phi) is 4.59. The van der Waals surface area contributed by atoms with Gasteiger partial charge in [-0.15, -0.1) is 5.10 Å². The molecule has 1 aromatic heterocycles. The first-order chi connectivity index (χ1) is 8.95. The summed E-state index contributed by atoms with van der Waals surface area (Å²) in [7, 11) is -2.07. The largest absolute Gasteiger partial charge is 0.378 e. The first-order valence-corrected chi connectivity index (χ1v) is 8.39. The molecule has 0 radical (unpaired) electrons. The fraction of sp³-hybridized carbons (Fsp3) is 0.800. The summed E-state index contributed by atoms with van der Waals surface area (Å²) in [4.78, 5) is 0. The third-order valence-corrected chi connectivity index (χ3v) is 5.59. The zero-order valence-corrected chi connectivity index (χ0v) is 13.2. The van der Waals surface area contributed by atoms with Crippen LogP contribution in [0.25, 0.3) is 0 Å². The number of aromatic nitrogens is 3.